The van der Waals surface area contributed by atoms with E-state index in [-0.39, 0.29) is 25.0 Å². The summed E-state index contributed by atoms with van der Waals surface area (Å²) in [6, 6.07) is 0. The molecule has 13 heteroatoms. The van der Waals surface area contributed by atoms with Gasteiger partial charge in [0.15, 0.2) is 11.5 Å². The highest BCUT2D eigenvalue weighted by atomic mass is 16.6. The average molecular weight is 593 g/mol. The summed E-state index contributed by atoms with van der Waals surface area (Å²) >= 11 is 0. The van der Waals surface area contributed by atoms with Gasteiger partial charge in [-0.2, -0.15) is 0 Å². The van der Waals surface area contributed by atoms with E-state index in [4.69, 9.17) is 18.9 Å². The number of carbonyl (C=O) groups excluding carboxylic acids is 4. The third kappa shape index (κ3) is 3.75. The van der Waals surface area contributed by atoms with Crippen molar-refractivity contribution in [3.8, 4) is 0 Å². The Labute approximate surface area is 241 Å². The fourth-order valence-corrected chi connectivity index (χ4v) is 8.66. The van der Waals surface area contributed by atoms with Crippen molar-refractivity contribution < 1.29 is 63.3 Å². The van der Waals surface area contributed by atoms with Crippen molar-refractivity contribution in [1.29, 1.82) is 0 Å². The number of hydrogen-bond donors (Lipinski definition) is 4. The molecule has 4 N–H and O–H groups in total. The van der Waals surface area contributed by atoms with Crippen LogP contribution in [0, 0.1) is 28.6 Å². The van der Waals surface area contributed by atoms with Gasteiger partial charge in [-0.25, -0.2) is 14.4 Å². The molecule has 2 saturated carbocycles. The van der Waals surface area contributed by atoms with Crippen LogP contribution in [0.4, 0.5) is 0 Å². The molecule has 1 spiro atoms. The molecule has 2 bridgehead atoms. The van der Waals surface area contributed by atoms with E-state index in [0.717, 1.165) is 6.08 Å². The predicted octanol–water partition coefficient (Wildman–Crippen LogP) is 0.750. The SMILES string of the molecule is CC(=O)OC(C)(C)C(C)=CC(=O)OC1C(=O)OC2CC3C(C)=C(O)C(=O)CC3(C)C3C(O)C(O)C4(C(=O)O)OCC23C14. The van der Waals surface area contributed by atoms with Crippen molar-refractivity contribution in [3.63, 3.8) is 0 Å². The molecule has 2 heterocycles. The number of aliphatic hydroxyl groups is 3. The molecule has 13 nitrogen and oxygen atoms in total. The molecule has 4 fully saturated rings. The summed E-state index contributed by atoms with van der Waals surface area (Å²) in [5.41, 5.74) is -5.71. The van der Waals surface area contributed by atoms with Crippen molar-refractivity contribution in [2.75, 3.05) is 6.61 Å². The third-order valence-corrected chi connectivity index (χ3v) is 10.6. The minimum atomic E-state index is -2.54. The molecular weight excluding hydrogens is 556 g/mol. The van der Waals surface area contributed by atoms with Crippen LogP contribution in [0.25, 0.3) is 0 Å². The van der Waals surface area contributed by atoms with Gasteiger partial charge in [0, 0.05) is 30.8 Å². The summed E-state index contributed by atoms with van der Waals surface area (Å²) < 4.78 is 22.5. The van der Waals surface area contributed by atoms with Crippen molar-refractivity contribution in [2.45, 2.75) is 90.0 Å². The second-order valence-electron chi connectivity index (χ2n) is 13.0. The smallest absolute Gasteiger partial charge is 0.348 e. The maximum absolute atomic E-state index is 13.5. The van der Waals surface area contributed by atoms with Crippen LogP contribution in [0.2, 0.25) is 0 Å². The van der Waals surface area contributed by atoms with Crippen molar-refractivity contribution >= 4 is 29.7 Å². The molecule has 2 aliphatic heterocycles. The summed E-state index contributed by atoms with van der Waals surface area (Å²) in [6.45, 7) is 8.73. The highest BCUT2D eigenvalue weighted by molar-refractivity contribution is 5.95. The quantitative estimate of drug-likeness (QED) is 0.198. The van der Waals surface area contributed by atoms with Gasteiger partial charge in [-0.05, 0) is 56.6 Å². The second kappa shape index (κ2) is 9.35. The second-order valence-corrected chi connectivity index (χ2v) is 13.0. The molecule has 2 saturated heterocycles. The number of rotatable bonds is 5. The number of ether oxygens (including phenoxy) is 4. The van der Waals surface area contributed by atoms with E-state index >= 15 is 0 Å². The van der Waals surface area contributed by atoms with Crippen LogP contribution in [0.3, 0.4) is 0 Å². The lowest BCUT2D eigenvalue weighted by molar-refractivity contribution is -0.289. The predicted molar refractivity (Wildman–Crippen MR) is 138 cm³/mol. The Hall–Kier alpha value is -3.29. The van der Waals surface area contributed by atoms with Gasteiger partial charge < -0.3 is 39.4 Å². The molecule has 10 unspecified atom stereocenters. The number of fused-ring (bicyclic) bond motifs is 2. The van der Waals surface area contributed by atoms with Crippen molar-refractivity contribution in [1.82, 2.24) is 0 Å². The minimum absolute atomic E-state index is 0.0799. The van der Waals surface area contributed by atoms with Gasteiger partial charge in [-0.15, -0.1) is 0 Å². The Morgan fingerprint density at radius 1 is 1.12 bits per heavy atom. The fraction of sp³-hybridized carbons (Fsp3) is 0.690. The largest absolute Gasteiger partial charge is 0.504 e. The maximum Gasteiger partial charge on any atom is 0.348 e. The molecule has 10 atom stereocenters. The van der Waals surface area contributed by atoms with E-state index in [2.05, 4.69) is 0 Å². The van der Waals surface area contributed by atoms with E-state index in [1.165, 1.54) is 13.8 Å². The lowest BCUT2D eigenvalue weighted by Gasteiger charge is -2.67. The first-order valence-corrected chi connectivity index (χ1v) is 13.8. The van der Waals surface area contributed by atoms with E-state index in [0.29, 0.717) is 5.57 Å². The van der Waals surface area contributed by atoms with E-state index in [1.54, 1.807) is 27.7 Å². The highest BCUT2D eigenvalue weighted by Crippen LogP contribution is 2.72. The molecule has 0 radical (unpaired) electrons. The average Bonchev–Trinajstić information content (AvgIpc) is 3.18. The number of aliphatic hydroxyl groups excluding tert-OH is 3. The summed E-state index contributed by atoms with van der Waals surface area (Å²) in [5, 5.41) is 44.0. The zero-order chi connectivity index (χ0) is 31.3. The number of carboxylic acid groups (broad SMARTS) is 1. The first kappa shape index (κ1) is 30.2. The number of aliphatic carboxylic acids is 1. The van der Waals surface area contributed by atoms with Crippen LogP contribution in [-0.4, -0.2) is 92.3 Å². The number of allylic oxidation sites excluding steroid dienone is 2. The topological polar surface area (TPSA) is 203 Å². The lowest BCUT2D eigenvalue weighted by Crippen LogP contribution is -2.79. The summed E-state index contributed by atoms with van der Waals surface area (Å²) in [6.07, 6.45) is -5.83. The monoisotopic (exact) mass is 592 g/mol. The normalized spacial score (nSPS) is 42.8. The van der Waals surface area contributed by atoms with Gasteiger partial charge in [0.1, 0.15) is 17.8 Å². The van der Waals surface area contributed by atoms with E-state index in [1.807, 2.05) is 0 Å². The summed E-state index contributed by atoms with van der Waals surface area (Å²) in [7, 11) is 0. The van der Waals surface area contributed by atoms with Crippen LogP contribution in [0.5, 0.6) is 0 Å². The molecule has 0 aromatic heterocycles. The number of ketones is 1. The Bertz CT molecular complexity index is 1340. The molecule has 0 aromatic rings. The number of carboxylic acids is 1. The van der Waals surface area contributed by atoms with Crippen molar-refractivity contribution in [2.24, 2.45) is 28.6 Å². The minimum Gasteiger partial charge on any atom is -0.504 e. The molecule has 3 aliphatic carbocycles. The molecule has 230 valence electrons. The number of Topliss-reactive ketones (excluding diaryl/α,β-unsaturated/α-hetero) is 1. The van der Waals surface area contributed by atoms with E-state index < -0.39 is 99.6 Å². The number of hydrogen-bond acceptors (Lipinski definition) is 12. The zero-order valence-electron chi connectivity index (χ0n) is 24.2. The Morgan fingerprint density at radius 2 is 1.76 bits per heavy atom. The van der Waals surface area contributed by atoms with Crippen LogP contribution in [0.15, 0.2) is 23.0 Å². The number of carbonyl (C=O) groups is 5. The molecule has 0 aromatic carbocycles. The molecule has 5 aliphatic rings. The Kier molecular flexibility index (Phi) is 6.72. The van der Waals surface area contributed by atoms with Gasteiger partial charge in [0.05, 0.1) is 18.6 Å². The standard InChI is InChI=1S/C29H36O13/c1-11(26(4,5)42-13(3)30)7-17(32)41-20-22-28-10-39-29(22,25(37)38)23(35)19(34)21(28)27(6)9-15(31)18(33)12(2)14(27)8-16(28)40-24(20)36/h7,14,16,19-23,33-35H,8-10H2,1-6H3,(H,37,38). The number of esters is 3. The highest BCUT2D eigenvalue weighted by Gasteiger charge is 2.85. The van der Waals surface area contributed by atoms with Crippen LogP contribution < -0.4 is 0 Å². The third-order valence-electron chi connectivity index (χ3n) is 10.6. The first-order chi connectivity index (χ1) is 19.4. The van der Waals surface area contributed by atoms with Crippen LogP contribution >= 0.6 is 0 Å². The van der Waals surface area contributed by atoms with Gasteiger partial charge in [-0.3, -0.25) is 9.59 Å². The molecular formula is C29H36O13. The van der Waals surface area contributed by atoms with Crippen LogP contribution in [-0.2, 0) is 42.9 Å². The van der Waals surface area contributed by atoms with Crippen molar-refractivity contribution in [3.05, 3.63) is 23.0 Å². The molecule has 42 heavy (non-hydrogen) atoms. The zero-order valence-corrected chi connectivity index (χ0v) is 24.2. The van der Waals surface area contributed by atoms with Gasteiger partial charge in [-0.1, -0.05) is 6.92 Å². The lowest BCUT2D eigenvalue weighted by atomic mass is 9.38. The summed E-state index contributed by atoms with van der Waals surface area (Å²) in [4.78, 5) is 64.0. The molecule has 0 amide bonds. The van der Waals surface area contributed by atoms with Gasteiger partial charge in [0.2, 0.25) is 11.7 Å². The van der Waals surface area contributed by atoms with Gasteiger partial charge in [0.25, 0.3) is 0 Å². The molecule has 5 rings (SSSR count). The first-order valence-electron chi connectivity index (χ1n) is 13.8. The Balaban J connectivity index is 1.63. The van der Waals surface area contributed by atoms with Gasteiger partial charge >= 0.3 is 23.9 Å². The summed E-state index contributed by atoms with van der Waals surface area (Å²) in [5.74, 6) is -8.45. The fourth-order valence-electron chi connectivity index (χ4n) is 8.66. The Morgan fingerprint density at radius 3 is 2.36 bits per heavy atom. The van der Waals surface area contributed by atoms with Crippen LogP contribution in [0.1, 0.15) is 54.4 Å². The maximum atomic E-state index is 13.5. The van der Waals surface area contributed by atoms with E-state index in [9.17, 15) is 44.4 Å².